The molecular weight excluding hydrogens is 256 g/mol. The van der Waals surface area contributed by atoms with Gasteiger partial charge in [0.2, 0.25) is 0 Å². The highest BCUT2D eigenvalue weighted by atomic mass is 16.6. The number of nitrogens with one attached hydrogen (secondary N) is 1. The molecule has 0 saturated heterocycles. The van der Waals surface area contributed by atoms with Crippen LogP contribution < -0.4 is 5.32 Å². The quantitative estimate of drug-likeness (QED) is 0.669. The molecule has 0 radical (unpaired) electrons. The zero-order valence-electron chi connectivity index (χ0n) is 11.8. The molecule has 0 fully saturated rings. The third-order valence-corrected chi connectivity index (χ3v) is 3.44. The van der Waals surface area contributed by atoms with Crippen LogP contribution in [0.25, 0.3) is 0 Å². The second-order valence-electron chi connectivity index (χ2n) is 4.72. The lowest BCUT2D eigenvalue weighted by atomic mass is 10.0. The molecule has 1 aromatic carbocycles. The number of hydrogen-bond acceptors (Lipinski definition) is 4. The second kappa shape index (κ2) is 5.83. The van der Waals surface area contributed by atoms with Gasteiger partial charge >= 0.3 is 5.69 Å². The Morgan fingerprint density at radius 1 is 1.40 bits per heavy atom. The van der Waals surface area contributed by atoms with E-state index in [1.54, 1.807) is 18.7 Å². The first kappa shape index (κ1) is 14.2. The van der Waals surface area contributed by atoms with Crippen molar-refractivity contribution in [1.29, 1.82) is 0 Å². The van der Waals surface area contributed by atoms with Crippen LogP contribution in [0.15, 0.2) is 30.3 Å². The van der Waals surface area contributed by atoms with Crippen LogP contribution in [0.3, 0.4) is 0 Å². The number of aromatic nitrogens is 2. The van der Waals surface area contributed by atoms with Gasteiger partial charge in [-0.2, -0.15) is 5.10 Å². The van der Waals surface area contributed by atoms with Crippen LogP contribution in [0.5, 0.6) is 0 Å². The molecule has 0 bridgehead atoms. The van der Waals surface area contributed by atoms with E-state index in [-0.39, 0.29) is 16.7 Å². The number of likely N-dealkylation sites (N-methyl/N-ethyl adjacent to an activating group) is 1. The van der Waals surface area contributed by atoms with Crippen LogP contribution in [0.2, 0.25) is 0 Å². The maximum atomic E-state index is 11.2. The summed E-state index contributed by atoms with van der Waals surface area (Å²) in [6.07, 6.45) is 0.522. The molecule has 20 heavy (non-hydrogen) atoms. The molecule has 1 aromatic heterocycles. The number of hydrogen-bond donors (Lipinski definition) is 1. The maximum absolute atomic E-state index is 11.2. The number of aryl methyl sites for hydroxylation is 2. The summed E-state index contributed by atoms with van der Waals surface area (Å²) in [5.74, 6) is 0. The summed E-state index contributed by atoms with van der Waals surface area (Å²) in [6.45, 7) is 1.67. The van der Waals surface area contributed by atoms with Crippen LogP contribution in [0, 0.1) is 17.0 Å². The first-order valence-corrected chi connectivity index (χ1v) is 6.43. The first-order valence-electron chi connectivity index (χ1n) is 6.43. The molecule has 2 aromatic rings. The van der Waals surface area contributed by atoms with Gasteiger partial charge in [-0.1, -0.05) is 30.3 Å². The Kier molecular flexibility index (Phi) is 4.14. The lowest BCUT2D eigenvalue weighted by Crippen LogP contribution is -2.20. The van der Waals surface area contributed by atoms with Crippen molar-refractivity contribution in [3.63, 3.8) is 0 Å². The fourth-order valence-electron chi connectivity index (χ4n) is 2.43. The van der Waals surface area contributed by atoms with E-state index in [1.165, 1.54) is 0 Å². The molecule has 6 heteroatoms. The topological polar surface area (TPSA) is 73.0 Å². The highest BCUT2D eigenvalue weighted by Crippen LogP contribution is 2.27. The van der Waals surface area contributed by atoms with Crippen LogP contribution >= 0.6 is 0 Å². The molecule has 106 valence electrons. The molecule has 0 saturated carbocycles. The summed E-state index contributed by atoms with van der Waals surface area (Å²) in [4.78, 5) is 10.8. The number of rotatable bonds is 5. The Labute approximate surface area is 117 Å². The van der Waals surface area contributed by atoms with Crippen molar-refractivity contribution >= 4 is 5.69 Å². The smallest absolute Gasteiger partial charge is 0.313 e. The summed E-state index contributed by atoms with van der Waals surface area (Å²) in [5, 5.41) is 18.6. The normalized spacial score (nSPS) is 12.3. The Bertz CT molecular complexity index is 607. The zero-order chi connectivity index (χ0) is 14.7. The third kappa shape index (κ3) is 2.70. The SMILES string of the molecule is CNC(Cc1c([N+](=O)[O-])c(C)nn1C)c1ccccc1. The largest absolute Gasteiger partial charge is 0.313 e. The van der Waals surface area contributed by atoms with Crippen molar-refractivity contribution in [2.75, 3.05) is 7.05 Å². The molecule has 1 unspecified atom stereocenters. The van der Waals surface area contributed by atoms with Gasteiger partial charge in [0, 0.05) is 19.5 Å². The van der Waals surface area contributed by atoms with Crippen molar-refractivity contribution in [3.8, 4) is 0 Å². The van der Waals surface area contributed by atoms with Gasteiger partial charge in [-0.25, -0.2) is 0 Å². The minimum absolute atomic E-state index is 0.0182. The zero-order valence-corrected chi connectivity index (χ0v) is 11.8. The molecule has 0 aliphatic heterocycles. The highest BCUT2D eigenvalue weighted by Gasteiger charge is 2.26. The Balaban J connectivity index is 2.36. The van der Waals surface area contributed by atoms with Gasteiger partial charge in [0.25, 0.3) is 0 Å². The summed E-state index contributed by atoms with van der Waals surface area (Å²) in [6, 6.07) is 9.91. The third-order valence-electron chi connectivity index (χ3n) is 3.44. The van der Waals surface area contributed by atoms with E-state index in [4.69, 9.17) is 0 Å². The van der Waals surface area contributed by atoms with Gasteiger partial charge in [0.05, 0.1) is 4.92 Å². The molecular formula is C14H18N4O2. The monoisotopic (exact) mass is 274 g/mol. The van der Waals surface area contributed by atoms with E-state index in [9.17, 15) is 10.1 Å². The molecule has 1 N–H and O–H groups in total. The standard InChI is InChI=1S/C14H18N4O2/c1-10-14(18(19)20)13(17(3)16-10)9-12(15-2)11-7-5-4-6-8-11/h4-8,12,15H,9H2,1-3H3. The number of benzene rings is 1. The summed E-state index contributed by atoms with van der Waals surface area (Å²) < 4.78 is 1.60. The molecule has 0 aliphatic carbocycles. The minimum atomic E-state index is -0.352. The fraction of sp³-hybridized carbons (Fsp3) is 0.357. The average molecular weight is 274 g/mol. The summed E-state index contributed by atoms with van der Waals surface area (Å²) in [7, 11) is 3.60. The van der Waals surface area contributed by atoms with Gasteiger partial charge in [-0.05, 0) is 19.5 Å². The lowest BCUT2D eigenvalue weighted by molar-refractivity contribution is -0.386. The van der Waals surface area contributed by atoms with Crippen LogP contribution in [-0.4, -0.2) is 21.8 Å². The van der Waals surface area contributed by atoms with Crippen LogP contribution in [0.1, 0.15) is 23.0 Å². The molecule has 1 heterocycles. The van der Waals surface area contributed by atoms with Crippen molar-refractivity contribution < 1.29 is 4.92 Å². The predicted octanol–water partition coefficient (Wildman–Crippen LogP) is 2.14. The average Bonchev–Trinajstić information content (AvgIpc) is 2.71. The van der Waals surface area contributed by atoms with E-state index < -0.39 is 0 Å². The molecule has 2 rings (SSSR count). The van der Waals surface area contributed by atoms with Gasteiger partial charge in [-0.15, -0.1) is 0 Å². The summed E-state index contributed by atoms with van der Waals surface area (Å²) >= 11 is 0. The number of nitrogens with zero attached hydrogens (tertiary/aromatic N) is 3. The Morgan fingerprint density at radius 2 is 2.05 bits per heavy atom. The molecule has 0 aliphatic rings. The van der Waals surface area contributed by atoms with E-state index in [1.807, 2.05) is 37.4 Å². The first-order chi connectivity index (χ1) is 9.54. The number of nitro groups is 1. The Morgan fingerprint density at radius 3 is 2.60 bits per heavy atom. The Hall–Kier alpha value is -2.21. The van der Waals surface area contributed by atoms with E-state index in [0.717, 1.165) is 5.56 Å². The summed E-state index contributed by atoms with van der Waals surface area (Å²) in [5.41, 5.74) is 2.30. The predicted molar refractivity (Wildman–Crippen MR) is 76.5 cm³/mol. The van der Waals surface area contributed by atoms with Gasteiger partial charge in [0.15, 0.2) is 0 Å². The molecule has 0 spiro atoms. The van der Waals surface area contributed by atoms with Crippen LogP contribution in [-0.2, 0) is 13.5 Å². The van der Waals surface area contributed by atoms with Gasteiger partial charge in [-0.3, -0.25) is 14.8 Å². The van der Waals surface area contributed by atoms with E-state index >= 15 is 0 Å². The van der Waals surface area contributed by atoms with Crippen molar-refractivity contribution in [3.05, 3.63) is 57.4 Å². The van der Waals surface area contributed by atoms with Crippen molar-refractivity contribution in [2.45, 2.75) is 19.4 Å². The van der Waals surface area contributed by atoms with Crippen molar-refractivity contribution in [1.82, 2.24) is 15.1 Å². The highest BCUT2D eigenvalue weighted by molar-refractivity contribution is 5.41. The molecule has 6 nitrogen and oxygen atoms in total. The van der Waals surface area contributed by atoms with Crippen LogP contribution in [0.4, 0.5) is 5.69 Å². The molecule has 0 amide bonds. The van der Waals surface area contributed by atoms with E-state index in [2.05, 4.69) is 10.4 Å². The van der Waals surface area contributed by atoms with E-state index in [0.29, 0.717) is 17.8 Å². The maximum Gasteiger partial charge on any atom is 0.313 e. The second-order valence-corrected chi connectivity index (χ2v) is 4.72. The molecule has 1 atom stereocenters. The van der Waals surface area contributed by atoms with Crippen molar-refractivity contribution in [2.24, 2.45) is 7.05 Å². The van der Waals surface area contributed by atoms with Gasteiger partial charge in [0.1, 0.15) is 11.4 Å². The minimum Gasteiger partial charge on any atom is -0.313 e. The fourth-order valence-corrected chi connectivity index (χ4v) is 2.43. The van der Waals surface area contributed by atoms with Gasteiger partial charge < -0.3 is 5.32 Å². The lowest BCUT2D eigenvalue weighted by Gasteiger charge is -2.16.